The largest absolute Gasteiger partial charge is 0.362 e. The highest BCUT2D eigenvalue weighted by Gasteiger charge is 2.28. The number of anilines is 1. The molecule has 3 rings (SSSR count). The number of fused-ring (bicyclic) bond motifs is 1. The summed E-state index contributed by atoms with van der Waals surface area (Å²) in [5.74, 6) is 4.96. The lowest BCUT2D eigenvalue weighted by molar-refractivity contribution is -0.110. The molecule has 0 spiro atoms. The normalized spacial score (nSPS) is 14.5. The van der Waals surface area contributed by atoms with Crippen LogP contribution in [0.15, 0.2) is 30.5 Å². The maximum absolute atomic E-state index is 14.2. The number of carbonyl (C=O) groups is 1. The zero-order valence-corrected chi connectivity index (χ0v) is 12.0. The topological polar surface area (TPSA) is 56.9 Å². The third-order valence-electron chi connectivity index (χ3n) is 3.32. The second-order valence-electron chi connectivity index (χ2n) is 4.81. The van der Waals surface area contributed by atoms with E-state index in [1.165, 1.54) is 6.07 Å². The van der Waals surface area contributed by atoms with Crippen molar-refractivity contribution in [2.45, 2.75) is 0 Å². The predicted octanol–water partition coefficient (Wildman–Crippen LogP) is 2.22. The van der Waals surface area contributed by atoms with Crippen molar-refractivity contribution in [1.29, 1.82) is 0 Å². The molecule has 22 heavy (non-hydrogen) atoms. The van der Waals surface area contributed by atoms with E-state index in [4.69, 9.17) is 0 Å². The van der Waals surface area contributed by atoms with Crippen LogP contribution in [0, 0.1) is 17.7 Å². The molecule has 2 heterocycles. The van der Waals surface area contributed by atoms with Gasteiger partial charge in [-0.25, -0.2) is 4.39 Å². The van der Waals surface area contributed by atoms with Crippen LogP contribution in [0.25, 0.3) is 11.6 Å². The summed E-state index contributed by atoms with van der Waals surface area (Å²) in [6.45, 7) is 0.445. The standard InChI is InChI=1S/C17H14FN3O/c1-19-8-3-5-12-14(18)6-7-15-16(12)13(17(22)21-15)10-11-4-2-9-20-11/h2,4,6-7,9-10,19-20H,8H2,1H3,(H,21,22)/b13-10-. The third kappa shape index (κ3) is 2.52. The number of aromatic nitrogens is 1. The second-order valence-corrected chi connectivity index (χ2v) is 4.81. The van der Waals surface area contributed by atoms with Gasteiger partial charge in [-0.3, -0.25) is 4.79 Å². The van der Waals surface area contributed by atoms with Crippen molar-refractivity contribution in [3.63, 3.8) is 0 Å². The summed E-state index contributed by atoms with van der Waals surface area (Å²) in [4.78, 5) is 15.2. The first-order valence-corrected chi connectivity index (χ1v) is 6.83. The second kappa shape index (κ2) is 5.88. The SMILES string of the molecule is CNCC#Cc1c(F)ccc2c1/C(=C/c1ccc[nH]1)C(=O)N2. The fraction of sp³-hybridized carbons (Fsp3) is 0.118. The Hall–Kier alpha value is -2.84. The van der Waals surface area contributed by atoms with Crippen LogP contribution in [-0.2, 0) is 4.79 Å². The van der Waals surface area contributed by atoms with E-state index in [0.717, 1.165) is 5.69 Å². The van der Waals surface area contributed by atoms with Crippen LogP contribution in [0.4, 0.5) is 10.1 Å². The van der Waals surface area contributed by atoms with Gasteiger partial charge in [0.25, 0.3) is 5.91 Å². The first-order valence-electron chi connectivity index (χ1n) is 6.83. The molecule has 1 aromatic heterocycles. The Morgan fingerprint density at radius 1 is 1.36 bits per heavy atom. The average molecular weight is 295 g/mol. The number of H-pyrrole nitrogens is 1. The molecule has 0 bridgehead atoms. The highest BCUT2D eigenvalue weighted by atomic mass is 19.1. The lowest BCUT2D eigenvalue weighted by atomic mass is 9.99. The molecule has 0 saturated carbocycles. The number of benzene rings is 1. The van der Waals surface area contributed by atoms with Crippen LogP contribution in [0.2, 0.25) is 0 Å². The number of hydrogen-bond donors (Lipinski definition) is 3. The minimum atomic E-state index is -0.434. The number of nitrogens with one attached hydrogen (secondary N) is 3. The Labute approximate surface area is 127 Å². The molecule has 110 valence electrons. The van der Waals surface area contributed by atoms with E-state index < -0.39 is 5.82 Å². The van der Waals surface area contributed by atoms with Crippen LogP contribution in [0.1, 0.15) is 16.8 Å². The summed E-state index contributed by atoms with van der Waals surface area (Å²) in [5, 5.41) is 5.63. The highest BCUT2D eigenvalue weighted by Crippen LogP contribution is 2.36. The van der Waals surface area contributed by atoms with Crippen LogP contribution in [-0.4, -0.2) is 24.5 Å². The number of halogens is 1. The van der Waals surface area contributed by atoms with Crippen molar-refractivity contribution in [1.82, 2.24) is 10.3 Å². The van der Waals surface area contributed by atoms with Crippen molar-refractivity contribution in [2.75, 3.05) is 18.9 Å². The molecule has 0 radical (unpaired) electrons. The molecule has 0 unspecified atom stereocenters. The van der Waals surface area contributed by atoms with Gasteiger partial charge in [-0.1, -0.05) is 11.8 Å². The summed E-state index contributed by atoms with van der Waals surface area (Å²) >= 11 is 0. The van der Waals surface area contributed by atoms with E-state index >= 15 is 0 Å². The predicted molar refractivity (Wildman–Crippen MR) is 84.5 cm³/mol. The number of rotatable bonds is 2. The average Bonchev–Trinajstić information content (AvgIpc) is 3.11. The van der Waals surface area contributed by atoms with E-state index in [0.29, 0.717) is 23.4 Å². The summed E-state index contributed by atoms with van der Waals surface area (Å²) < 4.78 is 14.2. The van der Waals surface area contributed by atoms with Crippen LogP contribution in [0.5, 0.6) is 0 Å². The van der Waals surface area contributed by atoms with Crippen molar-refractivity contribution in [2.24, 2.45) is 0 Å². The van der Waals surface area contributed by atoms with Crippen molar-refractivity contribution in [3.8, 4) is 11.8 Å². The summed E-state index contributed by atoms with van der Waals surface area (Å²) in [7, 11) is 1.77. The monoisotopic (exact) mass is 295 g/mol. The molecular weight excluding hydrogens is 281 g/mol. The van der Waals surface area contributed by atoms with Gasteiger partial charge in [-0.15, -0.1) is 0 Å². The molecule has 1 aliphatic rings. The van der Waals surface area contributed by atoms with Gasteiger partial charge in [0.05, 0.1) is 23.4 Å². The molecule has 4 nitrogen and oxygen atoms in total. The molecule has 0 fully saturated rings. The van der Waals surface area contributed by atoms with Gasteiger partial charge >= 0.3 is 0 Å². The zero-order valence-electron chi connectivity index (χ0n) is 12.0. The summed E-state index contributed by atoms with van der Waals surface area (Å²) in [6, 6.07) is 6.55. The van der Waals surface area contributed by atoms with Gasteiger partial charge in [0, 0.05) is 17.5 Å². The van der Waals surface area contributed by atoms with E-state index in [-0.39, 0.29) is 11.5 Å². The molecule has 1 amide bonds. The number of hydrogen-bond acceptors (Lipinski definition) is 2. The Bertz CT molecular complexity index is 810. The Kier molecular flexibility index (Phi) is 3.77. The first-order chi connectivity index (χ1) is 10.7. The lowest BCUT2D eigenvalue weighted by Crippen LogP contribution is -2.05. The Morgan fingerprint density at radius 2 is 2.23 bits per heavy atom. The van der Waals surface area contributed by atoms with Gasteiger partial charge < -0.3 is 15.6 Å². The van der Waals surface area contributed by atoms with Crippen LogP contribution >= 0.6 is 0 Å². The molecule has 2 aromatic rings. The van der Waals surface area contributed by atoms with Gasteiger partial charge in [0.15, 0.2) is 0 Å². The maximum atomic E-state index is 14.2. The van der Waals surface area contributed by atoms with Crippen molar-refractivity contribution in [3.05, 3.63) is 53.1 Å². The van der Waals surface area contributed by atoms with Crippen molar-refractivity contribution < 1.29 is 9.18 Å². The fourth-order valence-corrected chi connectivity index (χ4v) is 2.33. The molecule has 1 aromatic carbocycles. The van der Waals surface area contributed by atoms with Gasteiger partial charge in [0.1, 0.15) is 5.82 Å². The Morgan fingerprint density at radius 3 is 2.95 bits per heavy atom. The molecule has 1 aliphatic heterocycles. The molecule has 0 saturated heterocycles. The van der Waals surface area contributed by atoms with E-state index in [9.17, 15) is 9.18 Å². The summed E-state index contributed by atoms with van der Waals surface area (Å²) in [5.41, 5.74) is 2.52. The molecule has 0 aliphatic carbocycles. The van der Waals surface area contributed by atoms with Gasteiger partial charge in [-0.05, 0) is 37.4 Å². The third-order valence-corrected chi connectivity index (χ3v) is 3.32. The van der Waals surface area contributed by atoms with Crippen LogP contribution < -0.4 is 10.6 Å². The molecule has 5 heteroatoms. The van der Waals surface area contributed by atoms with Gasteiger partial charge in [0.2, 0.25) is 0 Å². The minimum Gasteiger partial charge on any atom is -0.362 e. The maximum Gasteiger partial charge on any atom is 0.256 e. The minimum absolute atomic E-state index is 0.240. The smallest absolute Gasteiger partial charge is 0.256 e. The van der Waals surface area contributed by atoms with E-state index in [2.05, 4.69) is 27.5 Å². The quantitative estimate of drug-likeness (QED) is 0.588. The number of aromatic amines is 1. The fourth-order valence-electron chi connectivity index (χ4n) is 2.33. The molecular formula is C17H14FN3O. The first kappa shape index (κ1) is 14.1. The number of carbonyl (C=O) groups excluding carboxylic acids is 1. The molecule has 0 atom stereocenters. The highest BCUT2D eigenvalue weighted by molar-refractivity contribution is 6.35. The van der Waals surface area contributed by atoms with E-state index in [1.807, 2.05) is 12.1 Å². The summed E-state index contributed by atoms with van der Waals surface area (Å²) in [6.07, 6.45) is 3.46. The zero-order chi connectivity index (χ0) is 15.5. The van der Waals surface area contributed by atoms with Gasteiger partial charge in [-0.2, -0.15) is 0 Å². The number of amides is 1. The Balaban J connectivity index is 2.15. The lowest BCUT2D eigenvalue weighted by Gasteiger charge is -2.04. The molecule has 3 N–H and O–H groups in total. The van der Waals surface area contributed by atoms with Crippen LogP contribution in [0.3, 0.4) is 0 Å². The van der Waals surface area contributed by atoms with Crippen molar-refractivity contribution >= 4 is 23.2 Å². The van der Waals surface area contributed by atoms with E-state index in [1.54, 1.807) is 25.4 Å².